The van der Waals surface area contributed by atoms with Gasteiger partial charge < -0.3 is 5.32 Å². The Labute approximate surface area is 173 Å². The number of carbonyl (C=O) groups excluding carboxylic acids is 1. The Bertz CT molecular complexity index is 1080. The van der Waals surface area contributed by atoms with Crippen LogP contribution >= 0.6 is 11.8 Å². The van der Waals surface area contributed by atoms with Gasteiger partial charge in [0.05, 0.1) is 10.6 Å². The lowest BCUT2D eigenvalue weighted by molar-refractivity contribution is -0.118. The number of aromatic nitrogens is 3. The van der Waals surface area contributed by atoms with Crippen molar-refractivity contribution in [2.24, 2.45) is 5.14 Å². The average molecular weight is 432 g/mol. The van der Waals surface area contributed by atoms with E-state index in [1.165, 1.54) is 23.9 Å². The Balaban J connectivity index is 1.50. The molecule has 0 spiro atoms. The molecule has 152 valence electrons. The molecule has 8 nitrogen and oxygen atoms in total. The molecule has 0 unspecified atom stereocenters. The van der Waals surface area contributed by atoms with Gasteiger partial charge in [0.15, 0.2) is 5.16 Å². The third kappa shape index (κ3) is 5.66. The Kier molecular flexibility index (Phi) is 6.68. The number of primary sulfonamides is 1. The Morgan fingerprint density at radius 2 is 1.79 bits per heavy atom. The fourth-order valence-electron chi connectivity index (χ4n) is 2.68. The molecule has 29 heavy (non-hydrogen) atoms. The minimum absolute atomic E-state index is 0.0690. The van der Waals surface area contributed by atoms with Crippen molar-refractivity contribution in [1.29, 1.82) is 0 Å². The first-order chi connectivity index (χ1) is 13.8. The number of nitrogens with zero attached hydrogens (tertiary/aromatic N) is 3. The number of nitrogens with one attached hydrogen (secondary N) is 1. The molecule has 0 saturated carbocycles. The van der Waals surface area contributed by atoms with Crippen LogP contribution in [0.25, 0.3) is 5.69 Å². The largest absolute Gasteiger partial charge is 0.355 e. The highest BCUT2D eigenvalue weighted by molar-refractivity contribution is 7.99. The molecule has 0 fully saturated rings. The summed E-state index contributed by atoms with van der Waals surface area (Å²) < 4.78 is 24.4. The van der Waals surface area contributed by atoms with Crippen LogP contribution in [0.5, 0.6) is 0 Å². The number of nitrogens with two attached hydrogens (primary N) is 1. The number of rotatable bonds is 8. The molecule has 0 bridgehead atoms. The molecule has 0 saturated heterocycles. The first kappa shape index (κ1) is 21.0. The molecule has 1 aromatic heterocycles. The van der Waals surface area contributed by atoms with E-state index < -0.39 is 10.0 Å². The van der Waals surface area contributed by atoms with Gasteiger partial charge >= 0.3 is 0 Å². The fraction of sp³-hybridized carbons (Fsp3) is 0.211. The summed E-state index contributed by atoms with van der Waals surface area (Å²) in [6.45, 7) is 2.31. The van der Waals surface area contributed by atoms with E-state index in [-0.39, 0.29) is 16.6 Å². The lowest BCUT2D eigenvalue weighted by Gasteiger charge is -2.08. The number of hydrogen-bond acceptors (Lipinski definition) is 6. The van der Waals surface area contributed by atoms with Gasteiger partial charge in [0.25, 0.3) is 0 Å². The molecule has 1 amide bonds. The predicted octanol–water partition coefficient (Wildman–Crippen LogP) is 1.67. The molecule has 0 aliphatic carbocycles. The SMILES string of the molecule is Cc1nnc(SCC(=O)NCCc2ccc(S(N)(=O)=O)cc2)n1-c1ccccc1. The maximum absolute atomic E-state index is 12.2. The Morgan fingerprint density at radius 3 is 2.45 bits per heavy atom. The maximum Gasteiger partial charge on any atom is 0.238 e. The van der Waals surface area contributed by atoms with Crippen LogP contribution in [-0.2, 0) is 21.2 Å². The molecule has 3 N–H and O–H groups in total. The third-order valence-corrected chi connectivity index (χ3v) is 5.99. The van der Waals surface area contributed by atoms with Crippen molar-refractivity contribution in [3.8, 4) is 5.69 Å². The van der Waals surface area contributed by atoms with Crippen LogP contribution in [0.3, 0.4) is 0 Å². The van der Waals surface area contributed by atoms with Crippen LogP contribution in [0.1, 0.15) is 11.4 Å². The molecular weight excluding hydrogens is 410 g/mol. The van der Waals surface area contributed by atoms with Gasteiger partial charge in [-0.1, -0.05) is 42.1 Å². The summed E-state index contributed by atoms with van der Waals surface area (Å²) >= 11 is 1.32. The van der Waals surface area contributed by atoms with Crippen LogP contribution in [0.15, 0.2) is 64.6 Å². The fourth-order valence-corrected chi connectivity index (χ4v) is 4.03. The van der Waals surface area contributed by atoms with Gasteiger partial charge in [-0.25, -0.2) is 13.6 Å². The molecule has 3 rings (SSSR count). The van der Waals surface area contributed by atoms with E-state index in [0.717, 1.165) is 17.1 Å². The maximum atomic E-state index is 12.2. The molecule has 2 aromatic carbocycles. The standard InChI is InChI=1S/C19H21N5O3S2/c1-14-22-23-19(24(14)16-5-3-2-4-6-16)28-13-18(25)21-12-11-15-7-9-17(10-8-15)29(20,26)27/h2-10H,11-13H2,1H3,(H,21,25)(H2,20,26,27). The van der Waals surface area contributed by atoms with Gasteiger partial charge in [-0.3, -0.25) is 9.36 Å². The lowest BCUT2D eigenvalue weighted by Crippen LogP contribution is -2.27. The van der Waals surface area contributed by atoms with Gasteiger partial charge in [0, 0.05) is 12.2 Å². The Hall–Kier alpha value is -2.69. The summed E-state index contributed by atoms with van der Waals surface area (Å²) in [7, 11) is -3.69. The van der Waals surface area contributed by atoms with E-state index in [2.05, 4.69) is 15.5 Å². The van der Waals surface area contributed by atoms with Crippen molar-refractivity contribution >= 4 is 27.7 Å². The summed E-state index contributed by atoms with van der Waals surface area (Å²) in [5, 5.41) is 16.8. The molecular formula is C19H21N5O3S2. The van der Waals surface area contributed by atoms with Gasteiger partial charge in [-0.2, -0.15) is 0 Å². The van der Waals surface area contributed by atoms with Crippen LogP contribution in [0, 0.1) is 6.92 Å². The van der Waals surface area contributed by atoms with Crippen molar-refractivity contribution in [2.45, 2.75) is 23.4 Å². The van der Waals surface area contributed by atoms with Gasteiger partial charge in [-0.15, -0.1) is 10.2 Å². The zero-order valence-corrected chi connectivity index (χ0v) is 17.4. The van der Waals surface area contributed by atoms with E-state index in [1.807, 2.05) is 41.8 Å². The minimum atomic E-state index is -3.69. The predicted molar refractivity (Wildman–Crippen MR) is 111 cm³/mol. The van der Waals surface area contributed by atoms with Gasteiger partial charge in [0.1, 0.15) is 5.82 Å². The van der Waals surface area contributed by atoms with Gasteiger partial charge in [0.2, 0.25) is 15.9 Å². The van der Waals surface area contributed by atoms with Crippen molar-refractivity contribution < 1.29 is 13.2 Å². The zero-order chi connectivity index (χ0) is 20.9. The number of para-hydroxylation sites is 1. The molecule has 0 radical (unpaired) electrons. The van der Waals surface area contributed by atoms with E-state index >= 15 is 0 Å². The highest BCUT2D eigenvalue weighted by atomic mass is 32.2. The van der Waals surface area contributed by atoms with E-state index in [1.54, 1.807) is 12.1 Å². The minimum Gasteiger partial charge on any atom is -0.355 e. The second-order valence-electron chi connectivity index (χ2n) is 6.28. The van der Waals surface area contributed by atoms with Crippen molar-refractivity contribution in [1.82, 2.24) is 20.1 Å². The monoisotopic (exact) mass is 431 g/mol. The lowest BCUT2D eigenvalue weighted by atomic mass is 10.1. The third-order valence-electron chi connectivity index (χ3n) is 4.13. The second kappa shape index (κ2) is 9.21. The first-order valence-corrected chi connectivity index (χ1v) is 11.4. The average Bonchev–Trinajstić information content (AvgIpc) is 3.07. The molecule has 1 heterocycles. The normalized spacial score (nSPS) is 11.4. The van der Waals surface area contributed by atoms with Crippen molar-refractivity contribution in [2.75, 3.05) is 12.3 Å². The topological polar surface area (TPSA) is 120 Å². The highest BCUT2D eigenvalue weighted by Gasteiger charge is 2.13. The van der Waals surface area contributed by atoms with Crippen LogP contribution in [0.4, 0.5) is 0 Å². The number of aryl methyl sites for hydroxylation is 1. The van der Waals surface area contributed by atoms with Crippen LogP contribution < -0.4 is 10.5 Å². The molecule has 0 aliphatic heterocycles. The quantitative estimate of drug-likeness (QED) is 0.524. The van der Waals surface area contributed by atoms with E-state index in [4.69, 9.17) is 5.14 Å². The summed E-state index contributed by atoms with van der Waals surface area (Å²) in [5.74, 6) is 0.855. The summed E-state index contributed by atoms with van der Waals surface area (Å²) in [4.78, 5) is 12.2. The van der Waals surface area contributed by atoms with E-state index in [0.29, 0.717) is 18.1 Å². The van der Waals surface area contributed by atoms with Crippen molar-refractivity contribution in [3.05, 3.63) is 66.0 Å². The number of sulfonamides is 1. The number of hydrogen-bond donors (Lipinski definition) is 2. The first-order valence-electron chi connectivity index (χ1n) is 8.83. The van der Waals surface area contributed by atoms with E-state index in [9.17, 15) is 13.2 Å². The number of thioether (sulfide) groups is 1. The van der Waals surface area contributed by atoms with Crippen LogP contribution in [-0.4, -0.2) is 41.4 Å². The summed E-state index contributed by atoms with van der Waals surface area (Å²) in [5.41, 5.74) is 1.85. The van der Waals surface area contributed by atoms with Crippen molar-refractivity contribution in [3.63, 3.8) is 0 Å². The van der Waals surface area contributed by atoms with Crippen LogP contribution in [0.2, 0.25) is 0 Å². The zero-order valence-electron chi connectivity index (χ0n) is 15.8. The molecule has 0 atom stereocenters. The molecule has 10 heteroatoms. The molecule has 3 aromatic rings. The number of amides is 1. The number of carbonyl (C=O) groups is 1. The number of benzene rings is 2. The van der Waals surface area contributed by atoms with Gasteiger partial charge in [-0.05, 0) is 43.2 Å². The highest BCUT2D eigenvalue weighted by Crippen LogP contribution is 2.21. The summed E-state index contributed by atoms with van der Waals surface area (Å²) in [6, 6.07) is 16.0. The second-order valence-corrected chi connectivity index (χ2v) is 8.78. The molecule has 0 aliphatic rings. The Morgan fingerprint density at radius 1 is 1.10 bits per heavy atom. The smallest absolute Gasteiger partial charge is 0.238 e. The summed E-state index contributed by atoms with van der Waals surface area (Å²) in [6.07, 6.45) is 0.584.